The van der Waals surface area contributed by atoms with Crippen molar-refractivity contribution in [3.05, 3.63) is 29.6 Å². The summed E-state index contributed by atoms with van der Waals surface area (Å²) < 4.78 is 1.26. The summed E-state index contributed by atoms with van der Waals surface area (Å²) in [7, 11) is 0. The van der Waals surface area contributed by atoms with Gasteiger partial charge in [0.25, 0.3) is 0 Å². The summed E-state index contributed by atoms with van der Waals surface area (Å²) in [4.78, 5) is 0. The molecule has 1 heterocycles. The summed E-state index contributed by atoms with van der Waals surface area (Å²) in [6.07, 6.45) is 0. The minimum absolute atomic E-state index is 1.01. The zero-order valence-electron chi connectivity index (χ0n) is 5.87. The Hall–Kier alpha value is -1.06. The maximum atomic E-state index is 5.32. The Balaban J connectivity index is 2.76. The molecule has 0 radical (unpaired) electrons. The Labute approximate surface area is 68.6 Å². The van der Waals surface area contributed by atoms with Crippen LogP contribution in [-0.4, -0.2) is 0 Å². The molecule has 0 saturated heterocycles. The van der Waals surface area contributed by atoms with E-state index in [0.717, 1.165) is 5.69 Å². The Bertz CT molecular complexity index is 367. The fourth-order valence-electron chi connectivity index (χ4n) is 1.09. The molecule has 3 N–H and O–H groups in total. The van der Waals surface area contributed by atoms with Crippen molar-refractivity contribution in [2.75, 3.05) is 5.43 Å². The number of rotatable bonds is 1. The van der Waals surface area contributed by atoms with Gasteiger partial charge in [-0.3, -0.25) is 5.84 Å². The standard InChI is InChI=1S/C8H8N2S/c9-10-7-5-11-8-4-2-1-3-6(7)8/h1-5,10H,9H2. The smallest absolute Gasteiger partial charge is 0.0671 e. The van der Waals surface area contributed by atoms with Gasteiger partial charge in [0.15, 0.2) is 0 Å². The van der Waals surface area contributed by atoms with Crippen LogP contribution in [0.15, 0.2) is 29.6 Å². The van der Waals surface area contributed by atoms with Crippen molar-refractivity contribution in [3.63, 3.8) is 0 Å². The maximum Gasteiger partial charge on any atom is 0.0671 e. The van der Waals surface area contributed by atoms with Gasteiger partial charge in [-0.2, -0.15) is 0 Å². The summed E-state index contributed by atoms with van der Waals surface area (Å²) in [5.41, 5.74) is 3.67. The largest absolute Gasteiger partial charge is 0.323 e. The van der Waals surface area contributed by atoms with Crippen molar-refractivity contribution in [3.8, 4) is 0 Å². The van der Waals surface area contributed by atoms with Gasteiger partial charge in [-0.15, -0.1) is 11.3 Å². The fraction of sp³-hybridized carbons (Fsp3) is 0. The Morgan fingerprint density at radius 2 is 2.09 bits per heavy atom. The summed E-state index contributed by atoms with van der Waals surface area (Å²) in [6.45, 7) is 0. The summed E-state index contributed by atoms with van der Waals surface area (Å²) in [6, 6.07) is 8.18. The van der Waals surface area contributed by atoms with Gasteiger partial charge in [0.1, 0.15) is 0 Å². The number of anilines is 1. The normalized spacial score (nSPS) is 10.3. The molecule has 56 valence electrons. The van der Waals surface area contributed by atoms with Crippen LogP contribution in [0.25, 0.3) is 10.1 Å². The molecule has 0 aliphatic heterocycles. The van der Waals surface area contributed by atoms with Crippen LogP contribution in [0.4, 0.5) is 5.69 Å². The van der Waals surface area contributed by atoms with E-state index in [4.69, 9.17) is 5.84 Å². The zero-order valence-corrected chi connectivity index (χ0v) is 6.69. The van der Waals surface area contributed by atoms with Gasteiger partial charge in [0, 0.05) is 15.5 Å². The monoisotopic (exact) mass is 164 g/mol. The third kappa shape index (κ3) is 0.982. The molecule has 2 nitrogen and oxygen atoms in total. The number of hydrogen-bond acceptors (Lipinski definition) is 3. The van der Waals surface area contributed by atoms with Crippen LogP contribution >= 0.6 is 11.3 Å². The Morgan fingerprint density at radius 3 is 2.91 bits per heavy atom. The molecule has 0 atom stereocenters. The first kappa shape index (κ1) is 6.64. The highest BCUT2D eigenvalue weighted by atomic mass is 32.1. The van der Waals surface area contributed by atoms with Gasteiger partial charge in [0.05, 0.1) is 5.69 Å². The number of nitrogen functional groups attached to an aromatic ring is 1. The first-order chi connectivity index (χ1) is 5.42. The number of hydrazine groups is 1. The minimum atomic E-state index is 1.01. The lowest BCUT2D eigenvalue weighted by Gasteiger charge is -1.94. The molecule has 1 aromatic carbocycles. The molecule has 2 aromatic rings. The molecule has 2 rings (SSSR count). The molecule has 1 aromatic heterocycles. The topological polar surface area (TPSA) is 38.0 Å². The lowest BCUT2D eigenvalue weighted by Crippen LogP contribution is -2.05. The van der Waals surface area contributed by atoms with Crippen LogP contribution in [0.1, 0.15) is 0 Å². The molecule has 0 aliphatic carbocycles. The van der Waals surface area contributed by atoms with Crippen LogP contribution in [0.2, 0.25) is 0 Å². The van der Waals surface area contributed by atoms with Crippen molar-refractivity contribution in [1.29, 1.82) is 0 Å². The van der Waals surface area contributed by atoms with Crippen LogP contribution in [0, 0.1) is 0 Å². The third-order valence-corrected chi connectivity index (χ3v) is 2.60. The molecule has 0 fully saturated rings. The van der Waals surface area contributed by atoms with Crippen molar-refractivity contribution >= 4 is 27.1 Å². The Morgan fingerprint density at radius 1 is 1.27 bits per heavy atom. The average molecular weight is 164 g/mol. The zero-order chi connectivity index (χ0) is 7.68. The SMILES string of the molecule is NNc1csc2ccccc12. The van der Waals surface area contributed by atoms with E-state index in [1.807, 2.05) is 17.5 Å². The van der Waals surface area contributed by atoms with E-state index < -0.39 is 0 Å². The molecule has 0 saturated carbocycles. The number of benzene rings is 1. The van der Waals surface area contributed by atoms with Crippen LogP contribution in [-0.2, 0) is 0 Å². The second-order valence-corrected chi connectivity index (χ2v) is 3.20. The van der Waals surface area contributed by atoms with E-state index in [2.05, 4.69) is 17.6 Å². The van der Waals surface area contributed by atoms with E-state index >= 15 is 0 Å². The molecule has 3 heteroatoms. The molecule has 0 aliphatic rings. The average Bonchev–Trinajstić information content (AvgIpc) is 2.47. The van der Waals surface area contributed by atoms with Gasteiger partial charge < -0.3 is 5.43 Å². The predicted molar refractivity (Wildman–Crippen MR) is 49.6 cm³/mol. The van der Waals surface area contributed by atoms with E-state index in [0.29, 0.717) is 0 Å². The first-order valence-electron chi connectivity index (χ1n) is 3.34. The molecular weight excluding hydrogens is 156 g/mol. The van der Waals surface area contributed by atoms with E-state index in [1.165, 1.54) is 10.1 Å². The van der Waals surface area contributed by atoms with E-state index in [9.17, 15) is 0 Å². The number of fused-ring (bicyclic) bond motifs is 1. The van der Waals surface area contributed by atoms with Gasteiger partial charge >= 0.3 is 0 Å². The van der Waals surface area contributed by atoms with Crippen molar-refractivity contribution in [2.45, 2.75) is 0 Å². The summed E-state index contributed by atoms with van der Waals surface area (Å²) in [5.74, 6) is 5.32. The third-order valence-electron chi connectivity index (χ3n) is 1.64. The molecule has 0 spiro atoms. The molecule has 0 amide bonds. The van der Waals surface area contributed by atoms with Crippen molar-refractivity contribution in [2.24, 2.45) is 5.84 Å². The van der Waals surface area contributed by atoms with E-state index in [-0.39, 0.29) is 0 Å². The minimum Gasteiger partial charge on any atom is -0.323 e. The number of nitrogens with one attached hydrogen (secondary N) is 1. The van der Waals surface area contributed by atoms with E-state index in [1.54, 1.807) is 11.3 Å². The highest BCUT2D eigenvalue weighted by molar-refractivity contribution is 7.17. The van der Waals surface area contributed by atoms with Crippen LogP contribution in [0.3, 0.4) is 0 Å². The van der Waals surface area contributed by atoms with Gasteiger partial charge in [0.2, 0.25) is 0 Å². The second-order valence-electron chi connectivity index (χ2n) is 2.29. The molecule has 0 unspecified atom stereocenters. The second kappa shape index (κ2) is 2.53. The highest BCUT2D eigenvalue weighted by Crippen LogP contribution is 2.28. The van der Waals surface area contributed by atoms with Gasteiger partial charge in [-0.1, -0.05) is 18.2 Å². The van der Waals surface area contributed by atoms with Crippen molar-refractivity contribution in [1.82, 2.24) is 0 Å². The summed E-state index contributed by atoms with van der Waals surface area (Å²) in [5, 5.41) is 3.21. The van der Waals surface area contributed by atoms with Crippen LogP contribution < -0.4 is 11.3 Å². The van der Waals surface area contributed by atoms with Gasteiger partial charge in [-0.25, -0.2) is 0 Å². The number of hydrogen-bond donors (Lipinski definition) is 2. The maximum absolute atomic E-state index is 5.32. The van der Waals surface area contributed by atoms with Gasteiger partial charge in [-0.05, 0) is 6.07 Å². The highest BCUT2D eigenvalue weighted by Gasteiger charge is 1.98. The lowest BCUT2D eigenvalue weighted by atomic mass is 10.2. The quantitative estimate of drug-likeness (QED) is 0.501. The molecular formula is C8H8N2S. The summed E-state index contributed by atoms with van der Waals surface area (Å²) >= 11 is 1.70. The first-order valence-corrected chi connectivity index (χ1v) is 4.22. The fourth-order valence-corrected chi connectivity index (χ4v) is 1.99. The van der Waals surface area contributed by atoms with Crippen molar-refractivity contribution < 1.29 is 0 Å². The Kier molecular flexibility index (Phi) is 1.52. The lowest BCUT2D eigenvalue weighted by molar-refractivity contribution is 1.38. The molecule has 11 heavy (non-hydrogen) atoms. The molecule has 0 bridgehead atoms. The predicted octanol–water partition coefficient (Wildman–Crippen LogP) is 2.19. The number of nitrogens with two attached hydrogens (primary N) is 1. The number of thiophene rings is 1. The van der Waals surface area contributed by atoms with Crippen LogP contribution in [0.5, 0.6) is 0 Å².